The van der Waals surface area contributed by atoms with Gasteiger partial charge in [0.1, 0.15) is 0 Å². The van der Waals surface area contributed by atoms with E-state index in [0.29, 0.717) is 6.54 Å². The van der Waals surface area contributed by atoms with Gasteiger partial charge in [-0.1, -0.05) is 19.8 Å². The number of rotatable bonds is 5. The molecule has 1 saturated carbocycles. The van der Waals surface area contributed by atoms with Crippen LogP contribution in [-0.2, 0) is 11.8 Å². The number of hydrogen-bond acceptors (Lipinski definition) is 3. The van der Waals surface area contributed by atoms with Crippen molar-refractivity contribution in [2.75, 3.05) is 20.8 Å². The predicted molar refractivity (Wildman–Crippen MR) is 85.8 cm³/mol. The number of nitrogens with two attached hydrogens (primary N) is 1. The molecule has 20 heavy (non-hydrogen) atoms. The maximum atomic E-state index is 6.15. The monoisotopic (exact) mass is 341 g/mol. The lowest BCUT2D eigenvalue weighted by Crippen LogP contribution is -2.33. The lowest BCUT2D eigenvalue weighted by molar-refractivity contribution is 0.346. The minimum absolute atomic E-state index is 0.105. The van der Waals surface area contributed by atoms with Gasteiger partial charge in [0, 0.05) is 17.5 Å². The molecule has 1 aromatic carbocycles. The van der Waals surface area contributed by atoms with Gasteiger partial charge in [0.05, 0.1) is 18.7 Å². The van der Waals surface area contributed by atoms with Gasteiger partial charge in [-0.25, -0.2) is 0 Å². The fourth-order valence-electron chi connectivity index (χ4n) is 3.51. The Balaban J connectivity index is 2.66. The molecule has 0 amide bonds. The van der Waals surface area contributed by atoms with Crippen LogP contribution in [0, 0.1) is 0 Å². The average Bonchev–Trinajstić information content (AvgIpc) is 2.95. The van der Waals surface area contributed by atoms with Crippen molar-refractivity contribution in [1.82, 2.24) is 0 Å². The van der Waals surface area contributed by atoms with Crippen molar-refractivity contribution in [3.8, 4) is 11.5 Å². The molecule has 0 unspecified atom stereocenters. The molecule has 2 rings (SSSR count). The molecule has 0 atom stereocenters. The van der Waals surface area contributed by atoms with E-state index in [-0.39, 0.29) is 5.41 Å². The van der Waals surface area contributed by atoms with Crippen molar-refractivity contribution in [2.45, 2.75) is 44.4 Å². The van der Waals surface area contributed by atoms with E-state index in [0.717, 1.165) is 22.4 Å². The largest absolute Gasteiger partial charge is 0.493 e. The van der Waals surface area contributed by atoms with E-state index >= 15 is 0 Å². The average molecular weight is 342 g/mol. The molecule has 0 bridgehead atoms. The Morgan fingerprint density at radius 2 is 1.80 bits per heavy atom. The van der Waals surface area contributed by atoms with E-state index in [9.17, 15) is 0 Å². The van der Waals surface area contributed by atoms with Crippen LogP contribution in [0.4, 0.5) is 0 Å². The molecule has 0 aromatic heterocycles. The molecule has 0 saturated heterocycles. The number of halogens is 1. The Morgan fingerprint density at radius 3 is 2.25 bits per heavy atom. The van der Waals surface area contributed by atoms with Crippen LogP contribution < -0.4 is 15.2 Å². The highest BCUT2D eigenvalue weighted by Gasteiger charge is 2.37. The maximum absolute atomic E-state index is 6.15. The molecule has 4 heteroatoms. The summed E-state index contributed by atoms with van der Waals surface area (Å²) in [5.41, 5.74) is 8.83. The zero-order valence-electron chi connectivity index (χ0n) is 12.6. The molecule has 1 fully saturated rings. The first-order chi connectivity index (χ1) is 9.63. The zero-order valence-corrected chi connectivity index (χ0v) is 14.2. The molecule has 0 spiro atoms. The number of hydrogen-bond donors (Lipinski definition) is 1. The lowest BCUT2D eigenvalue weighted by atomic mass is 9.76. The van der Waals surface area contributed by atoms with Gasteiger partial charge in [-0.2, -0.15) is 0 Å². The first-order valence-corrected chi connectivity index (χ1v) is 8.06. The second-order valence-electron chi connectivity index (χ2n) is 5.50. The standard InChI is InChI=1S/C16H24BrNO2/c1-4-11-12(16(10-18)7-5-6-8-16)9-13(17)15(20-3)14(11)19-2/h9H,4-8,10,18H2,1-3H3. The minimum Gasteiger partial charge on any atom is -0.493 e. The van der Waals surface area contributed by atoms with Crippen molar-refractivity contribution in [1.29, 1.82) is 0 Å². The SMILES string of the molecule is CCc1c(C2(CN)CCCC2)cc(Br)c(OC)c1OC. The van der Waals surface area contributed by atoms with Crippen LogP contribution in [0.1, 0.15) is 43.7 Å². The Bertz CT molecular complexity index is 482. The van der Waals surface area contributed by atoms with Crippen LogP contribution >= 0.6 is 15.9 Å². The highest BCUT2D eigenvalue weighted by Crippen LogP contribution is 2.48. The van der Waals surface area contributed by atoms with Gasteiger partial charge >= 0.3 is 0 Å². The first-order valence-electron chi connectivity index (χ1n) is 7.27. The van der Waals surface area contributed by atoms with Crippen molar-refractivity contribution in [3.05, 3.63) is 21.7 Å². The molecule has 3 nitrogen and oxygen atoms in total. The summed E-state index contributed by atoms with van der Waals surface area (Å²) in [7, 11) is 3.38. The molecule has 1 aromatic rings. The first kappa shape index (κ1) is 15.6. The lowest BCUT2D eigenvalue weighted by Gasteiger charge is -2.32. The normalized spacial score (nSPS) is 17.2. The second-order valence-corrected chi connectivity index (χ2v) is 6.35. The summed E-state index contributed by atoms with van der Waals surface area (Å²) in [5.74, 6) is 1.62. The van der Waals surface area contributed by atoms with E-state index in [4.69, 9.17) is 15.2 Å². The van der Waals surface area contributed by atoms with E-state index in [1.807, 2.05) is 0 Å². The third-order valence-electron chi connectivity index (χ3n) is 4.58. The van der Waals surface area contributed by atoms with E-state index in [1.165, 1.54) is 36.8 Å². The van der Waals surface area contributed by atoms with Crippen LogP contribution in [-0.4, -0.2) is 20.8 Å². The van der Waals surface area contributed by atoms with Gasteiger partial charge in [-0.15, -0.1) is 0 Å². The molecule has 0 radical (unpaired) electrons. The van der Waals surface area contributed by atoms with Crippen LogP contribution in [0.25, 0.3) is 0 Å². The second kappa shape index (κ2) is 6.35. The predicted octanol–water partition coefficient (Wildman–Crippen LogP) is 3.80. The Morgan fingerprint density at radius 1 is 1.20 bits per heavy atom. The van der Waals surface area contributed by atoms with Gasteiger partial charge in [0.25, 0.3) is 0 Å². The van der Waals surface area contributed by atoms with Crippen LogP contribution in [0.2, 0.25) is 0 Å². The summed E-state index contributed by atoms with van der Waals surface area (Å²) in [6.45, 7) is 2.86. The summed E-state index contributed by atoms with van der Waals surface area (Å²) in [6.07, 6.45) is 5.76. The third kappa shape index (κ3) is 2.44. The van der Waals surface area contributed by atoms with Gasteiger partial charge in [0.15, 0.2) is 11.5 Å². The maximum Gasteiger partial charge on any atom is 0.175 e. The summed E-state index contributed by atoms with van der Waals surface area (Å²) >= 11 is 3.62. The molecule has 0 heterocycles. The quantitative estimate of drug-likeness (QED) is 0.885. The molecule has 0 aliphatic heterocycles. The number of benzene rings is 1. The van der Waals surface area contributed by atoms with E-state index < -0.39 is 0 Å². The summed E-state index contributed by atoms with van der Waals surface area (Å²) < 4.78 is 12.1. The van der Waals surface area contributed by atoms with Crippen molar-refractivity contribution in [2.24, 2.45) is 5.73 Å². The minimum atomic E-state index is 0.105. The Hall–Kier alpha value is -0.740. The molecular formula is C16H24BrNO2. The molecule has 1 aliphatic rings. The van der Waals surface area contributed by atoms with Gasteiger partial charge in [0.2, 0.25) is 0 Å². The van der Waals surface area contributed by atoms with E-state index in [2.05, 4.69) is 28.9 Å². The molecule has 1 aliphatic carbocycles. The van der Waals surface area contributed by atoms with Crippen molar-refractivity contribution in [3.63, 3.8) is 0 Å². The third-order valence-corrected chi connectivity index (χ3v) is 5.17. The molecular weight excluding hydrogens is 318 g/mol. The summed E-state index contributed by atoms with van der Waals surface area (Å²) in [4.78, 5) is 0. The molecule has 2 N–H and O–H groups in total. The Kier molecular flexibility index (Phi) is 4.97. The summed E-state index contributed by atoms with van der Waals surface area (Å²) in [5, 5.41) is 0. The number of methoxy groups -OCH3 is 2. The van der Waals surface area contributed by atoms with E-state index in [1.54, 1.807) is 14.2 Å². The fraction of sp³-hybridized carbons (Fsp3) is 0.625. The highest BCUT2D eigenvalue weighted by atomic mass is 79.9. The van der Waals surface area contributed by atoms with Crippen LogP contribution in [0.3, 0.4) is 0 Å². The number of ether oxygens (including phenoxy) is 2. The van der Waals surface area contributed by atoms with Gasteiger partial charge < -0.3 is 15.2 Å². The van der Waals surface area contributed by atoms with Crippen molar-refractivity contribution < 1.29 is 9.47 Å². The topological polar surface area (TPSA) is 44.5 Å². The van der Waals surface area contributed by atoms with Crippen molar-refractivity contribution >= 4 is 15.9 Å². The van der Waals surface area contributed by atoms with Crippen LogP contribution in [0.15, 0.2) is 10.5 Å². The zero-order chi connectivity index (χ0) is 14.8. The van der Waals surface area contributed by atoms with Gasteiger partial charge in [-0.05, 0) is 46.8 Å². The van der Waals surface area contributed by atoms with Gasteiger partial charge in [-0.3, -0.25) is 0 Å². The Labute approximate surface area is 130 Å². The smallest absolute Gasteiger partial charge is 0.175 e. The highest BCUT2D eigenvalue weighted by molar-refractivity contribution is 9.10. The fourth-order valence-corrected chi connectivity index (χ4v) is 4.08. The van der Waals surface area contributed by atoms with Crippen LogP contribution in [0.5, 0.6) is 11.5 Å². The molecule has 112 valence electrons. The summed E-state index contributed by atoms with van der Waals surface area (Å²) in [6, 6.07) is 2.19.